The first-order chi connectivity index (χ1) is 10.1. The summed E-state index contributed by atoms with van der Waals surface area (Å²) in [7, 11) is 0. The smallest absolute Gasteiger partial charge is 0.218 e. The number of aromatic amines is 1. The quantitative estimate of drug-likeness (QED) is 0.621. The number of rotatable bonds is 2. The maximum atomic E-state index is 10.1. The number of nitrogens with zero attached hydrogens (tertiary/aromatic N) is 2. The van der Waals surface area contributed by atoms with E-state index in [9.17, 15) is 5.11 Å². The van der Waals surface area contributed by atoms with Gasteiger partial charge in [-0.15, -0.1) is 5.11 Å². The SMILES string of the molecule is Cc1cc2[nH]c(O)c(N=Nc3ccccc3)c2c(C)c1C. The van der Waals surface area contributed by atoms with Crippen LogP contribution in [0.25, 0.3) is 10.9 Å². The molecular weight excluding hydrogens is 262 g/mol. The Labute approximate surface area is 123 Å². The summed E-state index contributed by atoms with van der Waals surface area (Å²) in [6.45, 7) is 6.18. The molecule has 3 aromatic rings. The second kappa shape index (κ2) is 5.05. The van der Waals surface area contributed by atoms with Gasteiger partial charge in [-0.25, -0.2) is 0 Å². The van der Waals surface area contributed by atoms with Crippen molar-refractivity contribution in [3.63, 3.8) is 0 Å². The van der Waals surface area contributed by atoms with Crippen LogP contribution in [0.2, 0.25) is 0 Å². The molecule has 0 aliphatic heterocycles. The maximum absolute atomic E-state index is 10.1. The molecule has 0 bridgehead atoms. The van der Waals surface area contributed by atoms with E-state index in [1.54, 1.807) is 0 Å². The van der Waals surface area contributed by atoms with Gasteiger partial charge in [-0.05, 0) is 55.7 Å². The van der Waals surface area contributed by atoms with E-state index in [0.717, 1.165) is 22.2 Å². The third-order valence-electron chi connectivity index (χ3n) is 3.90. The predicted molar refractivity (Wildman–Crippen MR) is 84.8 cm³/mol. The van der Waals surface area contributed by atoms with Crippen molar-refractivity contribution < 1.29 is 5.11 Å². The molecule has 2 aromatic carbocycles. The molecule has 0 amide bonds. The lowest BCUT2D eigenvalue weighted by Crippen LogP contribution is -1.87. The monoisotopic (exact) mass is 279 g/mol. The zero-order chi connectivity index (χ0) is 15.0. The molecule has 0 unspecified atom stereocenters. The average molecular weight is 279 g/mol. The number of aromatic nitrogens is 1. The van der Waals surface area contributed by atoms with Gasteiger partial charge in [0, 0.05) is 5.39 Å². The number of azo groups is 1. The summed E-state index contributed by atoms with van der Waals surface area (Å²) in [4.78, 5) is 2.97. The fourth-order valence-electron chi connectivity index (χ4n) is 2.49. The van der Waals surface area contributed by atoms with E-state index in [1.807, 2.05) is 43.3 Å². The van der Waals surface area contributed by atoms with Crippen molar-refractivity contribution in [2.45, 2.75) is 20.8 Å². The van der Waals surface area contributed by atoms with Crippen LogP contribution >= 0.6 is 0 Å². The number of hydrogen-bond acceptors (Lipinski definition) is 3. The van der Waals surface area contributed by atoms with Gasteiger partial charge in [0.15, 0.2) is 5.69 Å². The summed E-state index contributed by atoms with van der Waals surface area (Å²) in [6, 6.07) is 11.5. The van der Waals surface area contributed by atoms with Gasteiger partial charge in [0.05, 0.1) is 11.2 Å². The summed E-state index contributed by atoms with van der Waals surface area (Å²) in [5.41, 5.74) is 5.64. The molecule has 0 saturated heterocycles. The fraction of sp³-hybridized carbons (Fsp3) is 0.176. The number of benzene rings is 2. The van der Waals surface area contributed by atoms with Crippen molar-refractivity contribution in [1.29, 1.82) is 0 Å². The highest BCUT2D eigenvalue weighted by atomic mass is 16.3. The van der Waals surface area contributed by atoms with Crippen LogP contribution in [0.3, 0.4) is 0 Å². The van der Waals surface area contributed by atoms with Gasteiger partial charge in [0.1, 0.15) is 0 Å². The molecule has 106 valence electrons. The van der Waals surface area contributed by atoms with Gasteiger partial charge >= 0.3 is 0 Å². The van der Waals surface area contributed by atoms with Crippen molar-refractivity contribution in [1.82, 2.24) is 4.98 Å². The van der Waals surface area contributed by atoms with Gasteiger partial charge < -0.3 is 10.1 Å². The van der Waals surface area contributed by atoms with E-state index >= 15 is 0 Å². The minimum Gasteiger partial charge on any atom is -0.493 e. The number of hydrogen-bond donors (Lipinski definition) is 2. The molecule has 2 N–H and O–H groups in total. The first kappa shape index (κ1) is 13.4. The molecule has 1 aromatic heterocycles. The lowest BCUT2D eigenvalue weighted by molar-refractivity contribution is 0.459. The van der Waals surface area contributed by atoms with Crippen LogP contribution in [0.15, 0.2) is 46.6 Å². The molecule has 0 aliphatic carbocycles. The van der Waals surface area contributed by atoms with Gasteiger partial charge in [0.2, 0.25) is 5.88 Å². The largest absolute Gasteiger partial charge is 0.493 e. The molecule has 0 spiro atoms. The van der Waals surface area contributed by atoms with Crippen molar-refractivity contribution in [3.05, 3.63) is 53.1 Å². The topological polar surface area (TPSA) is 60.7 Å². The van der Waals surface area contributed by atoms with Gasteiger partial charge in [-0.1, -0.05) is 18.2 Å². The Bertz CT molecular complexity index is 832. The summed E-state index contributed by atoms with van der Waals surface area (Å²) in [5, 5.41) is 19.5. The lowest BCUT2D eigenvalue weighted by atomic mass is 10.00. The molecule has 0 radical (unpaired) electrons. The first-order valence-corrected chi connectivity index (χ1v) is 6.86. The minimum absolute atomic E-state index is 0.0535. The Hall–Kier alpha value is -2.62. The van der Waals surface area contributed by atoms with E-state index in [2.05, 4.69) is 29.1 Å². The van der Waals surface area contributed by atoms with Gasteiger partial charge in [-0.2, -0.15) is 5.11 Å². The Balaban J connectivity index is 2.17. The normalized spacial score (nSPS) is 11.6. The van der Waals surface area contributed by atoms with Crippen molar-refractivity contribution in [2.24, 2.45) is 10.2 Å². The predicted octanol–water partition coefficient (Wildman–Crippen LogP) is 5.21. The molecule has 0 fully saturated rings. The van der Waals surface area contributed by atoms with Crippen LogP contribution in [-0.4, -0.2) is 10.1 Å². The molecule has 1 heterocycles. The zero-order valence-electron chi connectivity index (χ0n) is 12.3. The number of nitrogens with one attached hydrogen (secondary N) is 1. The Morgan fingerprint density at radius 3 is 2.38 bits per heavy atom. The lowest BCUT2D eigenvalue weighted by Gasteiger charge is -2.06. The molecule has 0 saturated carbocycles. The highest BCUT2D eigenvalue weighted by molar-refractivity contribution is 5.97. The maximum Gasteiger partial charge on any atom is 0.218 e. The molecule has 4 nitrogen and oxygen atoms in total. The number of fused-ring (bicyclic) bond motifs is 1. The number of aromatic hydroxyl groups is 1. The van der Waals surface area contributed by atoms with Crippen LogP contribution in [0.1, 0.15) is 16.7 Å². The molecule has 0 aliphatic rings. The third-order valence-corrected chi connectivity index (χ3v) is 3.90. The Morgan fingerprint density at radius 1 is 0.952 bits per heavy atom. The van der Waals surface area contributed by atoms with Gasteiger partial charge in [-0.3, -0.25) is 0 Å². The van der Waals surface area contributed by atoms with Crippen molar-refractivity contribution in [3.8, 4) is 5.88 Å². The van der Waals surface area contributed by atoms with E-state index < -0.39 is 0 Å². The minimum atomic E-state index is 0.0535. The second-order valence-electron chi connectivity index (χ2n) is 5.22. The Morgan fingerprint density at radius 2 is 1.67 bits per heavy atom. The van der Waals surface area contributed by atoms with Crippen LogP contribution in [0.4, 0.5) is 11.4 Å². The molecule has 0 atom stereocenters. The highest BCUT2D eigenvalue weighted by Gasteiger charge is 2.15. The van der Waals surface area contributed by atoms with Crippen molar-refractivity contribution in [2.75, 3.05) is 0 Å². The number of H-pyrrole nitrogens is 1. The first-order valence-electron chi connectivity index (χ1n) is 6.86. The Kier molecular flexibility index (Phi) is 3.22. The van der Waals surface area contributed by atoms with E-state index in [4.69, 9.17) is 0 Å². The van der Waals surface area contributed by atoms with Crippen molar-refractivity contribution >= 4 is 22.3 Å². The van der Waals surface area contributed by atoms with E-state index in [0.29, 0.717) is 5.69 Å². The summed E-state index contributed by atoms with van der Waals surface area (Å²) in [5.74, 6) is 0.0535. The summed E-state index contributed by atoms with van der Waals surface area (Å²) in [6.07, 6.45) is 0. The van der Waals surface area contributed by atoms with Crippen LogP contribution in [0, 0.1) is 20.8 Å². The standard InChI is InChI=1S/C17H17N3O/c1-10-9-14-15(12(3)11(10)2)16(17(21)18-14)20-19-13-7-5-4-6-8-13/h4-9,18,21H,1-3H3. The van der Waals surface area contributed by atoms with E-state index in [-0.39, 0.29) is 5.88 Å². The average Bonchev–Trinajstić information content (AvgIpc) is 2.79. The number of aryl methyl sites for hydroxylation is 2. The second-order valence-corrected chi connectivity index (χ2v) is 5.22. The van der Waals surface area contributed by atoms with Crippen LogP contribution < -0.4 is 0 Å². The molecule has 21 heavy (non-hydrogen) atoms. The van der Waals surface area contributed by atoms with E-state index in [1.165, 1.54) is 11.1 Å². The third kappa shape index (κ3) is 2.29. The van der Waals surface area contributed by atoms with Gasteiger partial charge in [0.25, 0.3) is 0 Å². The van der Waals surface area contributed by atoms with Crippen LogP contribution in [0.5, 0.6) is 5.88 Å². The highest BCUT2D eigenvalue weighted by Crippen LogP contribution is 2.39. The molecular formula is C17H17N3O. The zero-order valence-corrected chi connectivity index (χ0v) is 12.3. The molecule has 3 rings (SSSR count). The summed E-state index contributed by atoms with van der Waals surface area (Å²) < 4.78 is 0. The molecule has 4 heteroatoms. The van der Waals surface area contributed by atoms with Crippen LogP contribution in [-0.2, 0) is 0 Å². The summed E-state index contributed by atoms with van der Waals surface area (Å²) >= 11 is 0. The fourth-order valence-corrected chi connectivity index (χ4v) is 2.49.